The summed E-state index contributed by atoms with van der Waals surface area (Å²) in [7, 11) is 0. The lowest BCUT2D eigenvalue weighted by atomic mass is 10.2. The topological polar surface area (TPSA) is 41.1 Å². The van der Waals surface area contributed by atoms with Crippen molar-refractivity contribution in [2.45, 2.75) is 25.4 Å². The Hall–Kier alpha value is -0.770. The number of hydrogen-bond donors (Lipinski definition) is 2. The lowest BCUT2D eigenvalue weighted by Gasteiger charge is -2.11. The van der Waals surface area contributed by atoms with Gasteiger partial charge in [0.2, 0.25) is 5.91 Å². The molecule has 0 bridgehead atoms. The van der Waals surface area contributed by atoms with Crippen molar-refractivity contribution in [3.05, 3.63) is 34.9 Å². The fraction of sp³-hybridized carbons (Fsp3) is 0.417. The fourth-order valence-corrected chi connectivity index (χ4v) is 2.08. The van der Waals surface area contributed by atoms with E-state index in [1.165, 1.54) is 0 Å². The van der Waals surface area contributed by atoms with Gasteiger partial charge in [0.05, 0.1) is 6.04 Å². The molecule has 1 heterocycles. The summed E-state index contributed by atoms with van der Waals surface area (Å²) in [5.74, 6) is 0.0810. The molecule has 0 saturated carbocycles. The van der Waals surface area contributed by atoms with E-state index in [2.05, 4.69) is 10.6 Å². The molecule has 0 aliphatic carbocycles. The van der Waals surface area contributed by atoms with Crippen molar-refractivity contribution in [2.75, 3.05) is 6.54 Å². The Morgan fingerprint density at radius 3 is 3.00 bits per heavy atom. The fourth-order valence-electron chi connectivity index (χ4n) is 1.87. The second-order valence-corrected chi connectivity index (χ2v) is 4.43. The van der Waals surface area contributed by atoms with Crippen LogP contribution in [-0.2, 0) is 11.3 Å². The Bertz CT molecular complexity index is 379. The van der Waals surface area contributed by atoms with Crippen LogP contribution in [0.3, 0.4) is 0 Å². The number of nitrogens with one attached hydrogen (secondary N) is 2. The van der Waals surface area contributed by atoms with Crippen LogP contribution in [0, 0.1) is 0 Å². The van der Waals surface area contributed by atoms with Gasteiger partial charge >= 0.3 is 0 Å². The van der Waals surface area contributed by atoms with Crippen molar-refractivity contribution in [3.63, 3.8) is 0 Å². The van der Waals surface area contributed by atoms with Crippen molar-refractivity contribution in [1.29, 1.82) is 0 Å². The number of carbonyl (C=O) groups is 1. The first-order valence-corrected chi connectivity index (χ1v) is 5.89. The van der Waals surface area contributed by atoms with Gasteiger partial charge in [-0.2, -0.15) is 0 Å². The second-order valence-electron chi connectivity index (χ2n) is 4.00. The zero-order valence-electron chi connectivity index (χ0n) is 9.41. The predicted molar refractivity (Wildman–Crippen MR) is 71.6 cm³/mol. The van der Waals surface area contributed by atoms with Crippen LogP contribution in [-0.4, -0.2) is 18.5 Å². The molecule has 2 N–H and O–H groups in total. The SMILES string of the molecule is Cl.O=C(NCc1cccc(Cl)c1)C1CCCN1. The van der Waals surface area contributed by atoms with Crippen LogP contribution in [0.25, 0.3) is 0 Å². The van der Waals surface area contributed by atoms with Crippen molar-refractivity contribution >= 4 is 29.9 Å². The van der Waals surface area contributed by atoms with Crippen molar-refractivity contribution < 1.29 is 4.79 Å². The first-order valence-electron chi connectivity index (χ1n) is 5.51. The molecule has 0 radical (unpaired) electrons. The second kappa shape index (κ2) is 6.84. The predicted octanol–water partition coefficient (Wildman–Crippen LogP) is 2.13. The Morgan fingerprint density at radius 1 is 1.53 bits per heavy atom. The van der Waals surface area contributed by atoms with E-state index in [9.17, 15) is 4.79 Å². The Labute approximate surface area is 112 Å². The number of halogens is 2. The molecule has 1 atom stereocenters. The zero-order chi connectivity index (χ0) is 11.4. The van der Waals surface area contributed by atoms with Crippen molar-refractivity contribution in [3.8, 4) is 0 Å². The summed E-state index contributed by atoms with van der Waals surface area (Å²) in [4.78, 5) is 11.7. The van der Waals surface area contributed by atoms with E-state index in [0.717, 1.165) is 24.9 Å². The molecule has 0 spiro atoms. The highest BCUT2D eigenvalue weighted by Crippen LogP contribution is 2.10. The van der Waals surface area contributed by atoms with E-state index in [0.29, 0.717) is 11.6 Å². The normalized spacial score (nSPS) is 18.5. The van der Waals surface area contributed by atoms with Crippen molar-refractivity contribution in [1.82, 2.24) is 10.6 Å². The van der Waals surface area contributed by atoms with Gasteiger partial charge in [-0.25, -0.2) is 0 Å². The van der Waals surface area contributed by atoms with Crippen LogP contribution in [0.1, 0.15) is 18.4 Å². The van der Waals surface area contributed by atoms with Crippen molar-refractivity contribution in [2.24, 2.45) is 0 Å². The maximum absolute atomic E-state index is 11.7. The summed E-state index contributed by atoms with van der Waals surface area (Å²) in [5, 5.41) is 6.77. The Morgan fingerprint density at radius 2 is 2.35 bits per heavy atom. The zero-order valence-corrected chi connectivity index (χ0v) is 11.0. The summed E-state index contributed by atoms with van der Waals surface area (Å²) in [6.45, 7) is 1.48. The van der Waals surface area contributed by atoms with Crippen LogP contribution in [0.15, 0.2) is 24.3 Å². The number of benzene rings is 1. The Kier molecular flexibility index (Phi) is 5.75. The van der Waals surface area contributed by atoms with Crippen LogP contribution in [0.5, 0.6) is 0 Å². The molecule has 2 rings (SSSR count). The summed E-state index contributed by atoms with van der Waals surface area (Å²) in [5.41, 5.74) is 1.03. The van der Waals surface area contributed by atoms with Gasteiger partial charge in [0.15, 0.2) is 0 Å². The van der Waals surface area contributed by atoms with Crippen LogP contribution in [0.4, 0.5) is 0 Å². The van der Waals surface area contributed by atoms with E-state index in [1.807, 2.05) is 24.3 Å². The summed E-state index contributed by atoms with van der Waals surface area (Å²) >= 11 is 5.86. The standard InChI is InChI=1S/C12H15ClN2O.ClH/c13-10-4-1-3-9(7-10)8-15-12(16)11-5-2-6-14-11;/h1,3-4,7,11,14H,2,5-6,8H2,(H,15,16);1H. The van der Waals surface area contributed by atoms with E-state index in [4.69, 9.17) is 11.6 Å². The molecule has 1 aliphatic heterocycles. The summed E-state index contributed by atoms with van der Waals surface area (Å²) < 4.78 is 0. The van der Waals surface area contributed by atoms with Crippen LogP contribution in [0.2, 0.25) is 5.02 Å². The summed E-state index contributed by atoms with van der Waals surface area (Å²) in [6.07, 6.45) is 2.01. The lowest BCUT2D eigenvalue weighted by Crippen LogP contribution is -2.39. The van der Waals surface area contributed by atoms with Crippen LogP contribution < -0.4 is 10.6 Å². The smallest absolute Gasteiger partial charge is 0.237 e. The minimum Gasteiger partial charge on any atom is -0.351 e. The average Bonchev–Trinajstić information content (AvgIpc) is 2.79. The minimum absolute atomic E-state index is 0. The Balaban J connectivity index is 0.00000144. The number of hydrogen-bond acceptors (Lipinski definition) is 2. The maximum atomic E-state index is 11.7. The molecule has 1 aromatic rings. The van der Waals surface area contributed by atoms with Gasteiger partial charge in [0.25, 0.3) is 0 Å². The van der Waals surface area contributed by atoms with Gasteiger partial charge in [0.1, 0.15) is 0 Å². The average molecular weight is 275 g/mol. The number of rotatable bonds is 3. The molecule has 1 aliphatic rings. The first-order chi connectivity index (χ1) is 7.75. The van der Waals surface area contributed by atoms with E-state index < -0.39 is 0 Å². The molecule has 1 saturated heterocycles. The highest BCUT2D eigenvalue weighted by atomic mass is 35.5. The molecule has 1 aromatic carbocycles. The molecule has 17 heavy (non-hydrogen) atoms. The number of amides is 1. The third-order valence-corrected chi connectivity index (χ3v) is 2.97. The highest BCUT2D eigenvalue weighted by Gasteiger charge is 2.21. The first kappa shape index (κ1) is 14.3. The molecule has 1 fully saturated rings. The minimum atomic E-state index is -0.0146. The van der Waals surface area contributed by atoms with Gasteiger partial charge in [-0.1, -0.05) is 23.7 Å². The van der Waals surface area contributed by atoms with Gasteiger partial charge in [-0.05, 0) is 37.1 Å². The molecular weight excluding hydrogens is 259 g/mol. The van der Waals surface area contributed by atoms with E-state index in [-0.39, 0.29) is 24.4 Å². The molecule has 1 unspecified atom stereocenters. The molecule has 94 valence electrons. The van der Waals surface area contributed by atoms with E-state index in [1.54, 1.807) is 0 Å². The van der Waals surface area contributed by atoms with Gasteiger partial charge in [-0.3, -0.25) is 4.79 Å². The quantitative estimate of drug-likeness (QED) is 0.887. The third-order valence-electron chi connectivity index (χ3n) is 2.73. The van der Waals surface area contributed by atoms with Gasteiger partial charge in [-0.15, -0.1) is 12.4 Å². The molecular formula is C12H16Cl2N2O. The largest absolute Gasteiger partial charge is 0.351 e. The highest BCUT2D eigenvalue weighted by molar-refractivity contribution is 6.30. The summed E-state index contributed by atoms with van der Waals surface area (Å²) in [6, 6.07) is 7.51. The molecule has 0 aromatic heterocycles. The number of carbonyl (C=O) groups excluding carboxylic acids is 1. The monoisotopic (exact) mass is 274 g/mol. The third kappa shape index (κ3) is 4.19. The van der Waals surface area contributed by atoms with Crippen LogP contribution >= 0.6 is 24.0 Å². The van der Waals surface area contributed by atoms with E-state index >= 15 is 0 Å². The lowest BCUT2D eigenvalue weighted by molar-refractivity contribution is -0.122. The van der Waals surface area contributed by atoms with Gasteiger partial charge in [0, 0.05) is 11.6 Å². The maximum Gasteiger partial charge on any atom is 0.237 e. The molecule has 1 amide bonds. The molecule has 5 heteroatoms. The molecule has 3 nitrogen and oxygen atoms in total. The van der Waals surface area contributed by atoms with Gasteiger partial charge < -0.3 is 10.6 Å².